The number of hydrogen-bond acceptors (Lipinski definition) is 4. The molecule has 0 spiro atoms. The number of amides is 1. The molecule has 7 heteroatoms. The van der Waals surface area contributed by atoms with Gasteiger partial charge in [-0.2, -0.15) is 0 Å². The zero-order chi connectivity index (χ0) is 17.4. The Bertz CT molecular complexity index is 760. The summed E-state index contributed by atoms with van der Waals surface area (Å²) in [6.07, 6.45) is 1.98. The standard InChI is InChI=1S/C18H19F2N3OS/c19-13-2-1-3-14(20)16(13)17-22-15(10-25-17)18(24)23-6-4-11-8-21-9-12(11)5-7-23/h1-3,10-12,21H,4-9H2/t11-,12+. The van der Waals surface area contributed by atoms with Gasteiger partial charge in [-0.05, 0) is 49.9 Å². The highest BCUT2D eigenvalue weighted by molar-refractivity contribution is 7.13. The summed E-state index contributed by atoms with van der Waals surface area (Å²) < 4.78 is 27.8. The van der Waals surface area contributed by atoms with E-state index < -0.39 is 11.6 Å². The zero-order valence-corrected chi connectivity index (χ0v) is 14.5. The summed E-state index contributed by atoms with van der Waals surface area (Å²) >= 11 is 1.10. The lowest BCUT2D eigenvalue weighted by Gasteiger charge is -2.19. The number of thiazole rings is 1. The van der Waals surface area contributed by atoms with Crippen molar-refractivity contribution in [2.75, 3.05) is 26.2 Å². The average Bonchev–Trinajstić information content (AvgIpc) is 3.20. The molecule has 2 atom stereocenters. The number of fused-ring (bicyclic) bond motifs is 1. The Morgan fingerprint density at radius 2 is 1.80 bits per heavy atom. The topological polar surface area (TPSA) is 45.2 Å². The number of rotatable bonds is 2. The lowest BCUT2D eigenvalue weighted by atomic mass is 9.92. The molecule has 2 aliphatic heterocycles. The summed E-state index contributed by atoms with van der Waals surface area (Å²) in [5, 5.41) is 5.21. The van der Waals surface area contributed by atoms with Crippen molar-refractivity contribution < 1.29 is 13.6 Å². The zero-order valence-electron chi connectivity index (χ0n) is 13.7. The predicted molar refractivity (Wildman–Crippen MR) is 92.5 cm³/mol. The first-order valence-corrected chi connectivity index (χ1v) is 9.41. The van der Waals surface area contributed by atoms with Crippen LogP contribution in [0.1, 0.15) is 23.3 Å². The van der Waals surface area contributed by atoms with Crippen molar-refractivity contribution in [3.63, 3.8) is 0 Å². The Morgan fingerprint density at radius 3 is 2.44 bits per heavy atom. The number of carbonyl (C=O) groups is 1. The highest BCUT2D eigenvalue weighted by atomic mass is 32.1. The number of benzene rings is 1. The molecule has 0 saturated carbocycles. The van der Waals surface area contributed by atoms with Crippen molar-refractivity contribution >= 4 is 17.2 Å². The fraction of sp³-hybridized carbons (Fsp3) is 0.444. The fourth-order valence-corrected chi connectivity index (χ4v) is 4.61. The number of halogens is 2. The third-order valence-corrected chi connectivity index (χ3v) is 6.07. The monoisotopic (exact) mass is 363 g/mol. The maximum Gasteiger partial charge on any atom is 0.273 e. The van der Waals surface area contributed by atoms with E-state index in [2.05, 4.69) is 10.3 Å². The molecule has 2 saturated heterocycles. The number of nitrogens with zero attached hydrogens (tertiary/aromatic N) is 2. The van der Waals surface area contributed by atoms with Gasteiger partial charge in [0, 0.05) is 18.5 Å². The first-order valence-electron chi connectivity index (χ1n) is 8.53. The third-order valence-electron chi connectivity index (χ3n) is 5.21. The van der Waals surface area contributed by atoms with Gasteiger partial charge in [-0.15, -0.1) is 11.3 Å². The molecule has 2 aliphatic rings. The number of aromatic nitrogens is 1. The van der Waals surface area contributed by atoms with Gasteiger partial charge in [0.25, 0.3) is 5.91 Å². The van der Waals surface area contributed by atoms with Crippen LogP contribution in [0.25, 0.3) is 10.6 Å². The molecule has 2 fully saturated rings. The van der Waals surface area contributed by atoms with E-state index in [0.717, 1.165) is 37.3 Å². The van der Waals surface area contributed by atoms with Crippen LogP contribution in [0.4, 0.5) is 8.78 Å². The average molecular weight is 363 g/mol. The van der Waals surface area contributed by atoms with Crippen LogP contribution in [0.5, 0.6) is 0 Å². The van der Waals surface area contributed by atoms with Crippen molar-refractivity contribution in [3.8, 4) is 10.6 Å². The molecule has 1 aromatic carbocycles. The largest absolute Gasteiger partial charge is 0.337 e. The molecule has 3 heterocycles. The number of hydrogen-bond donors (Lipinski definition) is 1. The van der Waals surface area contributed by atoms with E-state index in [0.29, 0.717) is 24.9 Å². The van der Waals surface area contributed by atoms with Gasteiger partial charge in [0.2, 0.25) is 0 Å². The van der Waals surface area contributed by atoms with Crippen molar-refractivity contribution in [2.45, 2.75) is 12.8 Å². The van der Waals surface area contributed by atoms with Crippen LogP contribution in [0.3, 0.4) is 0 Å². The highest BCUT2D eigenvalue weighted by Gasteiger charge is 2.32. The minimum Gasteiger partial charge on any atom is -0.337 e. The van der Waals surface area contributed by atoms with Crippen LogP contribution in [0, 0.1) is 23.5 Å². The summed E-state index contributed by atoms with van der Waals surface area (Å²) in [7, 11) is 0. The molecule has 0 unspecified atom stereocenters. The van der Waals surface area contributed by atoms with Gasteiger partial charge in [0.1, 0.15) is 22.3 Å². The first kappa shape index (κ1) is 16.6. The molecule has 4 rings (SSSR count). The second-order valence-corrected chi connectivity index (χ2v) is 7.54. The SMILES string of the molecule is O=C(c1csc(-c2c(F)cccc2F)n1)N1CC[C@@H]2CNC[C@@H]2CC1. The summed E-state index contributed by atoms with van der Waals surface area (Å²) in [5.74, 6) is -0.202. The van der Waals surface area contributed by atoms with E-state index in [9.17, 15) is 13.6 Å². The fourth-order valence-electron chi connectivity index (χ4n) is 3.77. The van der Waals surface area contributed by atoms with Crippen molar-refractivity contribution in [1.29, 1.82) is 0 Å². The molecule has 1 aromatic heterocycles. The molecule has 1 N–H and O–H groups in total. The minimum atomic E-state index is -0.663. The molecule has 0 bridgehead atoms. The summed E-state index contributed by atoms with van der Waals surface area (Å²) in [6, 6.07) is 3.71. The van der Waals surface area contributed by atoms with E-state index in [1.54, 1.807) is 5.38 Å². The van der Waals surface area contributed by atoms with Gasteiger partial charge >= 0.3 is 0 Å². The Morgan fingerprint density at radius 1 is 1.16 bits per heavy atom. The molecule has 2 aromatic rings. The van der Waals surface area contributed by atoms with Crippen LogP contribution in [0.15, 0.2) is 23.6 Å². The molecule has 4 nitrogen and oxygen atoms in total. The Hall–Kier alpha value is -1.86. The van der Waals surface area contributed by atoms with Crippen LogP contribution in [-0.4, -0.2) is 42.0 Å². The summed E-state index contributed by atoms with van der Waals surface area (Å²) in [5.41, 5.74) is 0.107. The van der Waals surface area contributed by atoms with Gasteiger partial charge in [-0.1, -0.05) is 6.07 Å². The molecule has 132 valence electrons. The normalized spacial score (nSPS) is 23.4. The Balaban J connectivity index is 1.53. The summed E-state index contributed by atoms with van der Waals surface area (Å²) in [6.45, 7) is 3.48. The second-order valence-electron chi connectivity index (χ2n) is 6.68. The van der Waals surface area contributed by atoms with E-state index in [-0.39, 0.29) is 22.2 Å². The maximum atomic E-state index is 13.9. The van der Waals surface area contributed by atoms with E-state index in [1.165, 1.54) is 18.2 Å². The molecular formula is C18H19F2N3OS. The number of carbonyl (C=O) groups excluding carboxylic acids is 1. The van der Waals surface area contributed by atoms with E-state index >= 15 is 0 Å². The molecule has 1 amide bonds. The highest BCUT2D eigenvalue weighted by Crippen LogP contribution is 2.31. The van der Waals surface area contributed by atoms with Gasteiger partial charge in [-0.3, -0.25) is 4.79 Å². The predicted octanol–water partition coefficient (Wildman–Crippen LogP) is 3.16. The molecule has 0 radical (unpaired) electrons. The Labute approximate surface area is 148 Å². The first-order chi connectivity index (χ1) is 12.1. The maximum absolute atomic E-state index is 13.9. The van der Waals surface area contributed by atoms with E-state index in [4.69, 9.17) is 0 Å². The van der Waals surface area contributed by atoms with Crippen LogP contribution >= 0.6 is 11.3 Å². The van der Waals surface area contributed by atoms with Gasteiger partial charge < -0.3 is 10.2 Å². The van der Waals surface area contributed by atoms with Crippen LogP contribution < -0.4 is 5.32 Å². The van der Waals surface area contributed by atoms with Crippen LogP contribution in [0.2, 0.25) is 0 Å². The quantitative estimate of drug-likeness (QED) is 0.892. The van der Waals surface area contributed by atoms with E-state index in [1.807, 2.05) is 4.90 Å². The molecule has 25 heavy (non-hydrogen) atoms. The van der Waals surface area contributed by atoms with Crippen LogP contribution in [-0.2, 0) is 0 Å². The number of nitrogens with one attached hydrogen (secondary N) is 1. The smallest absolute Gasteiger partial charge is 0.273 e. The van der Waals surface area contributed by atoms with Gasteiger partial charge in [-0.25, -0.2) is 13.8 Å². The number of likely N-dealkylation sites (tertiary alicyclic amines) is 1. The van der Waals surface area contributed by atoms with Crippen molar-refractivity contribution in [1.82, 2.24) is 15.2 Å². The van der Waals surface area contributed by atoms with Gasteiger partial charge in [0.15, 0.2) is 0 Å². The second kappa shape index (κ2) is 6.80. The lowest BCUT2D eigenvalue weighted by Crippen LogP contribution is -2.33. The minimum absolute atomic E-state index is 0.146. The van der Waals surface area contributed by atoms with Crippen molar-refractivity contribution in [3.05, 3.63) is 40.9 Å². The van der Waals surface area contributed by atoms with Gasteiger partial charge in [0.05, 0.1) is 5.56 Å². The Kier molecular flexibility index (Phi) is 4.52. The third kappa shape index (κ3) is 3.18. The summed E-state index contributed by atoms with van der Waals surface area (Å²) in [4.78, 5) is 18.8. The molecule has 0 aliphatic carbocycles. The lowest BCUT2D eigenvalue weighted by molar-refractivity contribution is 0.0753. The molecular weight excluding hydrogens is 344 g/mol. The van der Waals surface area contributed by atoms with Crippen molar-refractivity contribution in [2.24, 2.45) is 11.8 Å².